The van der Waals surface area contributed by atoms with E-state index in [1.807, 2.05) is 11.0 Å². The van der Waals surface area contributed by atoms with Crippen LogP contribution in [-0.2, 0) is 11.0 Å². The molecule has 2 aromatic rings. The molecule has 2 amide bonds. The summed E-state index contributed by atoms with van der Waals surface area (Å²) in [5, 5.41) is 2.94. The third-order valence-corrected chi connectivity index (χ3v) is 5.60. The minimum atomic E-state index is -4.41. The van der Waals surface area contributed by atoms with Crippen LogP contribution in [0.15, 0.2) is 49.2 Å². The van der Waals surface area contributed by atoms with E-state index in [0.29, 0.717) is 43.0 Å². The number of benzene rings is 1. The Morgan fingerprint density at radius 2 is 1.81 bits per heavy atom. The van der Waals surface area contributed by atoms with Crippen LogP contribution < -0.4 is 10.2 Å². The topological polar surface area (TPSA) is 65.5 Å². The van der Waals surface area contributed by atoms with E-state index in [0.717, 1.165) is 17.8 Å². The molecule has 6 nitrogen and oxygen atoms in total. The average molecular weight is 430 g/mol. The lowest BCUT2D eigenvalue weighted by Crippen LogP contribution is -2.47. The highest BCUT2D eigenvalue weighted by Gasteiger charge is 2.33. The first-order valence-electron chi connectivity index (χ1n) is 9.92. The summed E-state index contributed by atoms with van der Waals surface area (Å²) in [6.07, 6.45) is -2.32. The van der Waals surface area contributed by atoms with Crippen LogP contribution >= 0.6 is 0 Å². The Balaban J connectivity index is 1.29. The summed E-state index contributed by atoms with van der Waals surface area (Å²) in [7, 11) is 0. The largest absolute Gasteiger partial charge is 0.417 e. The smallest absolute Gasteiger partial charge is 0.356 e. The van der Waals surface area contributed by atoms with Crippen LogP contribution in [0, 0.1) is 0 Å². The van der Waals surface area contributed by atoms with Crippen molar-refractivity contribution in [2.45, 2.75) is 25.1 Å². The van der Waals surface area contributed by atoms with Gasteiger partial charge >= 0.3 is 6.18 Å². The molecule has 0 bridgehead atoms. The highest BCUT2D eigenvalue weighted by Crippen LogP contribution is 2.31. The number of anilines is 1. The van der Waals surface area contributed by atoms with Crippen LogP contribution in [0.5, 0.6) is 0 Å². The summed E-state index contributed by atoms with van der Waals surface area (Å²) in [6.45, 7) is 4.95. The molecular formula is C22H21F3N4O2. The normalized spacial score (nSPS) is 17.1. The van der Waals surface area contributed by atoms with Crippen molar-refractivity contribution in [1.82, 2.24) is 15.2 Å². The summed E-state index contributed by atoms with van der Waals surface area (Å²) < 4.78 is 38.0. The number of carbonyl (C=O) groups excluding carboxylic acids is 2. The number of rotatable bonds is 4. The van der Waals surface area contributed by atoms with Gasteiger partial charge in [0.05, 0.1) is 5.56 Å². The third-order valence-electron chi connectivity index (χ3n) is 5.60. The van der Waals surface area contributed by atoms with E-state index >= 15 is 0 Å². The molecule has 1 saturated heterocycles. The van der Waals surface area contributed by atoms with Crippen molar-refractivity contribution in [3.63, 3.8) is 0 Å². The number of aromatic nitrogens is 1. The van der Waals surface area contributed by atoms with E-state index < -0.39 is 11.7 Å². The Kier molecular flexibility index (Phi) is 5.43. The van der Waals surface area contributed by atoms with E-state index in [4.69, 9.17) is 0 Å². The SMILES string of the molecule is C=C1c2ccccc2C(=O)N1CC(=O)NC1CCN(c2ccc(C(F)(F)F)cn2)CC1. The van der Waals surface area contributed by atoms with Gasteiger partial charge in [-0.25, -0.2) is 4.98 Å². The van der Waals surface area contributed by atoms with Crippen LogP contribution in [-0.4, -0.2) is 47.4 Å². The molecule has 0 radical (unpaired) electrons. The fraction of sp³-hybridized carbons (Fsp3) is 0.318. The first-order chi connectivity index (χ1) is 14.7. The van der Waals surface area contributed by atoms with Crippen molar-refractivity contribution in [3.05, 3.63) is 65.9 Å². The average Bonchev–Trinajstić information content (AvgIpc) is 2.99. The van der Waals surface area contributed by atoms with E-state index in [-0.39, 0.29) is 24.4 Å². The van der Waals surface area contributed by atoms with Crippen molar-refractivity contribution < 1.29 is 22.8 Å². The molecule has 2 aliphatic rings. The molecule has 2 aliphatic heterocycles. The zero-order valence-corrected chi connectivity index (χ0v) is 16.7. The first kappa shape index (κ1) is 20.9. The molecule has 162 valence electrons. The Morgan fingerprint density at radius 3 is 2.39 bits per heavy atom. The number of hydrogen-bond donors (Lipinski definition) is 1. The lowest BCUT2D eigenvalue weighted by Gasteiger charge is -2.33. The van der Waals surface area contributed by atoms with Gasteiger partial charge in [0.15, 0.2) is 0 Å². The second-order valence-corrected chi connectivity index (χ2v) is 7.62. The molecule has 0 saturated carbocycles. The van der Waals surface area contributed by atoms with E-state index in [9.17, 15) is 22.8 Å². The maximum absolute atomic E-state index is 12.7. The summed E-state index contributed by atoms with van der Waals surface area (Å²) in [5.41, 5.74) is 1.01. The van der Waals surface area contributed by atoms with Gasteiger partial charge in [0.2, 0.25) is 5.91 Å². The minimum Gasteiger partial charge on any atom is -0.356 e. The minimum absolute atomic E-state index is 0.0773. The van der Waals surface area contributed by atoms with E-state index in [1.54, 1.807) is 18.2 Å². The third kappa shape index (κ3) is 4.26. The van der Waals surface area contributed by atoms with Gasteiger partial charge in [-0.3, -0.25) is 14.5 Å². The molecule has 0 aliphatic carbocycles. The number of pyridine rings is 1. The Morgan fingerprint density at radius 1 is 1.13 bits per heavy atom. The van der Waals surface area contributed by atoms with Gasteiger partial charge in [0.1, 0.15) is 12.4 Å². The second-order valence-electron chi connectivity index (χ2n) is 7.62. The highest BCUT2D eigenvalue weighted by atomic mass is 19.4. The monoisotopic (exact) mass is 430 g/mol. The van der Waals surface area contributed by atoms with Gasteiger partial charge in [-0.15, -0.1) is 0 Å². The number of fused-ring (bicyclic) bond motifs is 1. The number of alkyl halides is 3. The number of hydrogen-bond acceptors (Lipinski definition) is 4. The van der Waals surface area contributed by atoms with Gasteiger partial charge in [-0.2, -0.15) is 13.2 Å². The van der Waals surface area contributed by atoms with Crippen molar-refractivity contribution in [3.8, 4) is 0 Å². The van der Waals surface area contributed by atoms with Crippen molar-refractivity contribution in [2.75, 3.05) is 24.5 Å². The molecule has 1 aromatic heterocycles. The van der Waals surface area contributed by atoms with Crippen LogP contribution in [0.3, 0.4) is 0 Å². The summed E-state index contributed by atoms with van der Waals surface area (Å²) in [5.74, 6) is -0.0261. The van der Waals surface area contributed by atoms with Crippen LogP contribution in [0.25, 0.3) is 5.70 Å². The standard InChI is InChI=1S/C22H21F3N4O2/c1-14-17-4-2-3-5-18(17)21(31)29(14)13-20(30)27-16-8-10-28(11-9-16)19-7-6-15(12-26-19)22(23,24)25/h2-7,12,16H,1,8-11,13H2,(H,27,30). The molecule has 3 heterocycles. The number of amides is 2. The second kappa shape index (κ2) is 8.05. The zero-order chi connectivity index (χ0) is 22.2. The molecule has 9 heteroatoms. The predicted molar refractivity (Wildman–Crippen MR) is 109 cm³/mol. The fourth-order valence-electron chi connectivity index (χ4n) is 3.91. The van der Waals surface area contributed by atoms with Gasteiger partial charge < -0.3 is 10.2 Å². The molecule has 4 rings (SSSR count). The Bertz CT molecular complexity index is 977. The molecular weight excluding hydrogens is 409 g/mol. The highest BCUT2D eigenvalue weighted by molar-refractivity contribution is 6.10. The van der Waals surface area contributed by atoms with Crippen LogP contribution in [0.2, 0.25) is 0 Å². The molecule has 1 aromatic carbocycles. The lowest BCUT2D eigenvalue weighted by atomic mass is 10.0. The first-order valence-corrected chi connectivity index (χ1v) is 9.92. The molecule has 0 atom stereocenters. The Hall–Kier alpha value is -3.36. The number of nitrogens with zero attached hydrogens (tertiary/aromatic N) is 3. The zero-order valence-electron chi connectivity index (χ0n) is 16.7. The van der Waals surface area contributed by atoms with Gasteiger partial charge in [-0.1, -0.05) is 24.8 Å². The molecule has 0 spiro atoms. The predicted octanol–water partition coefficient (Wildman–Crippen LogP) is 3.31. The van der Waals surface area contributed by atoms with Gasteiger partial charge in [0, 0.05) is 42.2 Å². The van der Waals surface area contributed by atoms with Crippen LogP contribution in [0.1, 0.15) is 34.3 Å². The molecule has 1 fully saturated rings. The van der Waals surface area contributed by atoms with Crippen LogP contribution in [0.4, 0.5) is 19.0 Å². The molecule has 1 N–H and O–H groups in total. The van der Waals surface area contributed by atoms with E-state index in [1.165, 1.54) is 11.0 Å². The maximum Gasteiger partial charge on any atom is 0.417 e. The molecule has 31 heavy (non-hydrogen) atoms. The molecule has 0 unspecified atom stereocenters. The van der Waals surface area contributed by atoms with Gasteiger partial charge in [0.25, 0.3) is 5.91 Å². The summed E-state index contributed by atoms with van der Waals surface area (Å²) >= 11 is 0. The quantitative estimate of drug-likeness (QED) is 0.809. The number of halogens is 3. The van der Waals surface area contributed by atoms with E-state index in [2.05, 4.69) is 16.9 Å². The van der Waals surface area contributed by atoms with Crippen molar-refractivity contribution in [2.24, 2.45) is 0 Å². The number of nitrogens with one attached hydrogen (secondary N) is 1. The van der Waals surface area contributed by atoms with Crippen molar-refractivity contribution in [1.29, 1.82) is 0 Å². The maximum atomic E-state index is 12.7. The summed E-state index contributed by atoms with van der Waals surface area (Å²) in [6, 6.07) is 9.42. The number of carbonyl (C=O) groups is 2. The lowest BCUT2D eigenvalue weighted by molar-refractivity contribution is -0.137. The summed E-state index contributed by atoms with van der Waals surface area (Å²) in [4.78, 5) is 32.2. The fourth-order valence-corrected chi connectivity index (χ4v) is 3.91. The number of piperidine rings is 1. The van der Waals surface area contributed by atoms with Gasteiger partial charge in [-0.05, 0) is 31.0 Å². The Labute approximate surface area is 177 Å². The van der Waals surface area contributed by atoms with Crippen molar-refractivity contribution >= 4 is 23.3 Å².